The van der Waals surface area contributed by atoms with Crippen LogP contribution >= 0.6 is 0 Å². The van der Waals surface area contributed by atoms with Gasteiger partial charge < -0.3 is 15.2 Å². The zero-order valence-corrected chi connectivity index (χ0v) is 11.4. The molecule has 0 bridgehead atoms. The zero-order chi connectivity index (χ0) is 13.4. The van der Waals surface area contributed by atoms with E-state index in [1.807, 2.05) is 6.92 Å². The van der Waals surface area contributed by atoms with Crippen molar-refractivity contribution in [3.05, 3.63) is 12.4 Å². The second kappa shape index (κ2) is 7.16. The fraction of sp³-hybridized carbons (Fsp3) is 0.692. The topological polar surface area (TPSA) is 67.3 Å². The lowest BCUT2D eigenvalue weighted by molar-refractivity contribution is 0.248. The summed E-state index contributed by atoms with van der Waals surface area (Å²) in [5, 5.41) is 12.1. The van der Waals surface area contributed by atoms with Crippen LogP contribution in [0.4, 0.5) is 5.82 Å². The number of nitrogens with zero attached hydrogens (tertiary/aromatic N) is 2. The molecular formula is C13H23N3O2. The highest BCUT2D eigenvalue weighted by Crippen LogP contribution is 2.22. The van der Waals surface area contributed by atoms with Crippen molar-refractivity contribution in [3.8, 4) is 5.88 Å². The Bertz CT molecular complexity index is 356. The first kappa shape index (κ1) is 14.7. The van der Waals surface area contributed by atoms with Crippen molar-refractivity contribution < 1.29 is 9.84 Å². The van der Waals surface area contributed by atoms with Gasteiger partial charge in [0.1, 0.15) is 12.1 Å². The van der Waals surface area contributed by atoms with Gasteiger partial charge in [0, 0.05) is 19.2 Å². The molecule has 0 saturated heterocycles. The number of hydrogen-bond donors (Lipinski definition) is 2. The predicted octanol–water partition coefficient (Wildman–Crippen LogP) is 2.09. The SMILES string of the molecule is CCOc1cc(NCC(C)(C)CCCO)ncn1. The molecule has 0 saturated carbocycles. The molecule has 1 rings (SSSR count). The molecule has 0 spiro atoms. The van der Waals surface area contributed by atoms with Gasteiger partial charge in [0.15, 0.2) is 0 Å². The van der Waals surface area contributed by atoms with Gasteiger partial charge in [-0.3, -0.25) is 0 Å². The summed E-state index contributed by atoms with van der Waals surface area (Å²) in [7, 11) is 0. The van der Waals surface area contributed by atoms with Crippen LogP contribution in [-0.2, 0) is 0 Å². The molecule has 0 aliphatic heterocycles. The lowest BCUT2D eigenvalue weighted by Crippen LogP contribution is -2.23. The maximum Gasteiger partial charge on any atom is 0.218 e. The minimum Gasteiger partial charge on any atom is -0.478 e. The number of nitrogens with one attached hydrogen (secondary N) is 1. The Morgan fingerprint density at radius 2 is 2.17 bits per heavy atom. The van der Waals surface area contributed by atoms with Crippen molar-refractivity contribution in [3.63, 3.8) is 0 Å². The summed E-state index contributed by atoms with van der Waals surface area (Å²) in [6.07, 6.45) is 3.29. The molecule has 0 atom stereocenters. The van der Waals surface area contributed by atoms with E-state index in [2.05, 4.69) is 29.1 Å². The Labute approximate surface area is 109 Å². The first-order valence-electron chi connectivity index (χ1n) is 6.37. The van der Waals surface area contributed by atoms with Gasteiger partial charge in [0.05, 0.1) is 6.61 Å². The number of aromatic nitrogens is 2. The predicted molar refractivity (Wildman–Crippen MR) is 71.8 cm³/mol. The number of rotatable bonds is 8. The Morgan fingerprint density at radius 1 is 1.39 bits per heavy atom. The van der Waals surface area contributed by atoms with Crippen LogP contribution in [0.2, 0.25) is 0 Å². The maximum atomic E-state index is 8.85. The van der Waals surface area contributed by atoms with Crippen LogP contribution in [0, 0.1) is 5.41 Å². The van der Waals surface area contributed by atoms with Gasteiger partial charge in [-0.05, 0) is 25.2 Å². The summed E-state index contributed by atoms with van der Waals surface area (Å²) in [6, 6.07) is 1.80. The third-order valence-electron chi connectivity index (χ3n) is 2.69. The highest BCUT2D eigenvalue weighted by molar-refractivity contribution is 5.37. The van der Waals surface area contributed by atoms with E-state index in [9.17, 15) is 0 Å². The van der Waals surface area contributed by atoms with Crippen molar-refractivity contribution >= 4 is 5.82 Å². The van der Waals surface area contributed by atoms with Gasteiger partial charge in [-0.1, -0.05) is 13.8 Å². The van der Waals surface area contributed by atoms with E-state index >= 15 is 0 Å². The second-order valence-corrected chi connectivity index (χ2v) is 5.02. The normalized spacial score (nSPS) is 11.3. The molecule has 0 aliphatic rings. The van der Waals surface area contributed by atoms with Crippen LogP contribution in [-0.4, -0.2) is 34.8 Å². The molecule has 1 aromatic rings. The fourth-order valence-corrected chi connectivity index (χ4v) is 1.64. The third-order valence-corrected chi connectivity index (χ3v) is 2.69. The maximum absolute atomic E-state index is 8.85. The Hall–Kier alpha value is -1.36. The number of anilines is 1. The van der Waals surface area contributed by atoms with Crippen LogP contribution < -0.4 is 10.1 Å². The number of aliphatic hydroxyl groups excluding tert-OH is 1. The van der Waals surface area contributed by atoms with Gasteiger partial charge in [0.25, 0.3) is 0 Å². The summed E-state index contributed by atoms with van der Waals surface area (Å²) in [5.74, 6) is 1.36. The van der Waals surface area contributed by atoms with E-state index < -0.39 is 0 Å². The van der Waals surface area contributed by atoms with Crippen molar-refractivity contribution in [2.75, 3.05) is 25.1 Å². The molecular weight excluding hydrogens is 230 g/mol. The zero-order valence-electron chi connectivity index (χ0n) is 11.4. The lowest BCUT2D eigenvalue weighted by atomic mass is 9.88. The average molecular weight is 253 g/mol. The van der Waals surface area contributed by atoms with E-state index in [0.717, 1.165) is 25.2 Å². The smallest absolute Gasteiger partial charge is 0.218 e. The monoisotopic (exact) mass is 253 g/mol. The number of ether oxygens (including phenoxy) is 1. The highest BCUT2D eigenvalue weighted by atomic mass is 16.5. The van der Waals surface area contributed by atoms with Gasteiger partial charge >= 0.3 is 0 Å². The van der Waals surface area contributed by atoms with Crippen LogP contribution in [0.5, 0.6) is 5.88 Å². The van der Waals surface area contributed by atoms with E-state index in [1.165, 1.54) is 6.33 Å². The summed E-state index contributed by atoms with van der Waals surface area (Å²) in [6.45, 7) is 7.90. The van der Waals surface area contributed by atoms with Gasteiger partial charge in [0.2, 0.25) is 5.88 Å². The molecule has 0 aromatic carbocycles. The molecule has 1 aromatic heterocycles. The van der Waals surface area contributed by atoms with Gasteiger partial charge in [-0.25, -0.2) is 9.97 Å². The summed E-state index contributed by atoms with van der Waals surface area (Å²) >= 11 is 0. The lowest BCUT2D eigenvalue weighted by Gasteiger charge is -2.24. The second-order valence-electron chi connectivity index (χ2n) is 5.02. The summed E-state index contributed by atoms with van der Waals surface area (Å²) in [4.78, 5) is 8.17. The average Bonchev–Trinajstić information content (AvgIpc) is 2.35. The quantitative estimate of drug-likeness (QED) is 0.742. The fourth-order valence-electron chi connectivity index (χ4n) is 1.64. The van der Waals surface area contributed by atoms with Crippen molar-refractivity contribution in [1.29, 1.82) is 0 Å². The van der Waals surface area contributed by atoms with Crippen molar-refractivity contribution in [1.82, 2.24) is 9.97 Å². The van der Waals surface area contributed by atoms with Gasteiger partial charge in [-0.15, -0.1) is 0 Å². The molecule has 1 heterocycles. The highest BCUT2D eigenvalue weighted by Gasteiger charge is 2.17. The van der Waals surface area contributed by atoms with Crippen molar-refractivity contribution in [2.45, 2.75) is 33.6 Å². The largest absolute Gasteiger partial charge is 0.478 e. The van der Waals surface area contributed by atoms with E-state index in [4.69, 9.17) is 9.84 Å². The summed E-state index contributed by atoms with van der Waals surface area (Å²) < 4.78 is 5.32. The molecule has 0 radical (unpaired) electrons. The summed E-state index contributed by atoms with van der Waals surface area (Å²) in [5.41, 5.74) is 0.124. The molecule has 5 heteroatoms. The van der Waals surface area contributed by atoms with Crippen LogP contribution in [0.15, 0.2) is 12.4 Å². The molecule has 0 unspecified atom stereocenters. The van der Waals surface area contributed by atoms with E-state index in [0.29, 0.717) is 12.5 Å². The van der Waals surface area contributed by atoms with Crippen LogP contribution in [0.25, 0.3) is 0 Å². The number of hydrogen-bond acceptors (Lipinski definition) is 5. The Kier molecular flexibility index (Phi) is 5.85. The molecule has 2 N–H and O–H groups in total. The van der Waals surface area contributed by atoms with E-state index in [1.54, 1.807) is 6.07 Å². The van der Waals surface area contributed by atoms with Crippen molar-refractivity contribution in [2.24, 2.45) is 5.41 Å². The van der Waals surface area contributed by atoms with Crippen LogP contribution in [0.1, 0.15) is 33.6 Å². The first-order chi connectivity index (χ1) is 8.57. The van der Waals surface area contributed by atoms with Crippen LogP contribution in [0.3, 0.4) is 0 Å². The minimum absolute atomic E-state index is 0.124. The van der Waals surface area contributed by atoms with Gasteiger partial charge in [-0.2, -0.15) is 0 Å². The Morgan fingerprint density at radius 3 is 2.83 bits per heavy atom. The molecule has 0 amide bonds. The third kappa shape index (κ3) is 5.31. The Balaban J connectivity index is 2.49. The van der Waals surface area contributed by atoms with E-state index in [-0.39, 0.29) is 12.0 Å². The number of aliphatic hydroxyl groups is 1. The minimum atomic E-state index is 0.124. The molecule has 0 aliphatic carbocycles. The molecule has 0 fully saturated rings. The first-order valence-corrected chi connectivity index (χ1v) is 6.37. The molecule has 5 nitrogen and oxygen atoms in total. The molecule has 102 valence electrons. The standard InChI is InChI=1S/C13H23N3O2/c1-4-18-12-8-11(15-10-16-12)14-9-13(2,3)6-5-7-17/h8,10,17H,4-7,9H2,1-3H3,(H,14,15,16). The molecule has 18 heavy (non-hydrogen) atoms.